The Morgan fingerprint density at radius 1 is 1.50 bits per heavy atom. The second-order valence-corrected chi connectivity index (χ2v) is 5.04. The molecule has 1 heterocycles. The molecule has 0 atom stereocenters. The zero-order chi connectivity index (χ0) is 16.1. The number of H-pyrrole nitrogens is 1. The molecular weight excluding hydrogens is 309 g/mol. The Balaban J connectivity index is 2.21. The quantitative estimate of drug-likeness (QED) is 0.490. The fourth-order valence-electron chi connectivity index (χ4n) is 1.84. The van der Waals surface area contributed by atoms with Crippen LogP contribution in [0.15, 0.2) is 29.1 Å². The van der Waals surface area contributed by atoms with Crippen molar-refractivity contribution >= 4 is 29.2 Å². The average molecular weight is 325 g/mol. The van der Waals surface area contributed by atoms with E-state index in [1.165, 1.54) is 24.3 Å². The highest BCUT2D eigenvalue weighted by Crippen LogP contribution is 2.18. The van der Waals surface area contributed by atoms with Gasteiger partial charge in [0.25, 0.3) is 11.5 Å². The number of halogens is 2. The molecule has 0 aliphatic rings. The van der Waals surface area contributed by atoms with E-state index < -0.39 is 5.82 Å². The van der Waals surface area contributed by atoms with E-state index in [4.69, 9.17) is 17.3 Å². The lowest BCUT2D eigenvalue weighted by Gasteiger charge is -2.03. The first-order valence-corrected chi connectivity index (χ1v) is 7.07. The van der Waals surface area contributed by atoms with Crippen LogP contribution in [0.2, 0.25) is 5.02 Å². The minimum absolute atomic E-state index is 0.0192. The molecule has 6 nitrogen and oxygen atoms in total. The van der Waals surface area contributed by atoms with Crippen LogP contribution in [-0.2, 0) is 6.42 Å². The maximum atomic E-state index is 13.1. The summed E-state index contributed by atoms with van der Waals surface area (Å²) in [6, 6.07) is 5.55. The molecule has 116 valence electrons. The number of aromatic nitrogens is 2. The second kappa shape index (κ2) is 7.04. The molecule has 0 saturated heterocycles. The molecule has 22 heavy (non-hydrogen) atoms. The number of nitrogens with two attached hydrogens (primary N) is 1. The minimum Gasteiger partial charge on any atom is -0.322 e. The van der Waals surface area contributed by atoms with Crippen molar-refractivity contribution in [2.24, 2.45) is 5.73 Å². The van der Waals surface area contributed by atoms with Gasteiger partial charge in [-0.1, -0.05) is 18.5 Å². The number of rotatable bonds is 4. The van der Waals surface area contributed by atoms with Crippen molar-refractivity contribution in [3.63, 3.8) is 0 Å². The SMILES string of the molecule is CCCc1cc(=O)[nH]c([NH+]=C(N)Nc2ccc(F)c(Cl)c2)n1. The van der Waals surface area contributed by atoms with E-state index >= 15 is 0 Å². The van der Waals surface area contributed by atoms with Crippen LogP contribution in [0, 0.1) is 5.82 Å². The first kappa shape index (κ1) is 16.0. The van der Waals surface area contributed by atoms with Crippen LogP contribution in [-0.4, -0.2) is 15.9 Å². The third-order valence-corrected chi connectivity index (χ3v) is 3.04. The van der Waals surface area contributed by atoms with Crippen molar-refractivity contribution in [2.75, 3.05) is 5.32 Å². The lowest BCUT2D eigenvalue weighted by Crippen LogP contribution is -2.73. The standard InChI is InChI=1S/C14H15ClFN5O/c1-2-3-8-7-12(22)20-14(19-8)21-13(17)18-9-4-5-11(16)10(15)6-9/h4-7H,2-3H2,1H3,(H4,17,18,19,20,21,22)/p+1. The van der Waals surface area contributed by atoms with Crippen LogP contribution in [0.5, 0.6) is 0 Å². The summed E-state index contributed by atoms with van der Waals surface area (Å²) in [5.41, 5.74) is 6.71. The molecule has 0 unspecified atom stereocenters. The first-order valence-electron chi connectivity index (χ1n) is 6.69. The van der Waals surface area contributed by atoms with E-state index in [1.807, 2.05) is 6.92 Å². The van der Waals surface area contributed by atoms with Gasteiger partial charge in [0.15, 0.2) is 0 Å². The molecule has 2 aromatic rings. The van der Waals surface area contributed by atoms with Crippen molar-refractivity contribution in [3.05, 3.63) is 51.2 Å². The van der Waals surface area contributed by atoms with Crippen molar-refractivity contribution < 1.29 is 9.38 Å². The lowest BCUT2D eigenvalue weighted by atomic mass is 10.2. The predicted octanol–water partition coefficient (Wildman–Crippen LogP) is 0.654. The van der Waals surface area contributed by atoms with Crippen molar-refractivity contribution in [1.82, 2.24) is 9.97 Å². The third-order valence-electron chi connectivity index (χ3n) is 2.75. The highest BCUT2D eigenvalue weighted by molar-refractivity contribution is 6.31. The highest BCUT2D eigenvalue weighted by atomic mass is 35.5. The summed E-state index contributed by atoms with van der Waals surface area (Å²) in [5, 5.41) is 2.78. The van der Waals surface area contributed by atoms with Gasteiger partial charge in [0, 0.05) is 6.07 Å². The van der Waals surface area contributed by atoms with E-state index in [9.17, 15) is 9.18 Å². The number of aromatic amines is 1. The number of nitrogens with one attached hydrogen (secondary N) is 3. The summed E-state index contributed by atoms with van der Waals surface area (Å²) in [6.45, 7) is 2.00. The molecule has 8 heteroatoms. The van der Waals surface area contributed by atoms with E-state index in [2.05, 4.69) is 20.3 Å². The maximum absolute atomic E-state index is 13.1. The Morgan fingerprint density at radius 3 is 2.95 bits per heavy atom. The normalized spacial score (nSPS) is 11.5. The van der Waals surface area contributed by atoms with Gasteiger partial charge in [-0.05, 0) is 31.0 Å². The molecule has 0 spiro atoms. The Hall–Kier alpha value is -2.41. The number of nitrogens with zero attached hydrogens (tertiary/aromatic N) is 1. The smallest absolute Gasteiger partial charge is 0.322 e. The number of benzene rings is 1. The Labute approximate surface area is 131 Å². The van der Waals surface area contributed by atoms with E-state index in [0.29, 0.717) is 17.8 Å². The molecule has 0 amide bonds. The van der Waals surface area contributed by atoms with Gasteiger partial charge in [-0.3, -0.25) is 10.1 Å². The molecule has 0 aliphatic heterocycles. The molecule has 1 aromatic heterocycles. The molecule has 0 saturated carbocycles. The van der Waals surface area contributed by atoms with Gasteiger partial charge in [0.1, 0.15) is 5.82 Å². The fourth-order valence-corrected chi connectivity index (χ4v) is 2.02. The van der Waals surface area contributed by atoms with Crippen molar-refractivity contribution in [2.45, 2.75) is 19.8 Å². The maximum Gasteiger partial charge on any atom is 0.325 e. The van der Waals surface area contributed by atoms with E-state index in [-0.39, 0.29) is 22.5 Å². The summed E-state index contributed by atoms with van der Waals surface area (Å²) in [4.78, 5) is 21.1. The molecule has 0 fully saturated rings. The molecule has 2 rings (SSSR count). The van der Waals surface area contributed by atoms with Crippen molar-refractivity contribution in [1.29, 1.82) is 0 Å². The van der Waals surface area contributed by atoms with Crippen molar-refractivity contribution in [3.8, 4) is 0 Å². The third kappa shape index (κ3) is 4.29. The van der Waals surface area contributed by atoms with E-state index in [1.54, 1.807) is 0 Å². The zero-order valence-corrected chi connectivity index (χ0v) is 12.7. The number of hydrogen-bond acceptors (Lipinski definition) is 2. The van der Waals surface area contributed by atoms with Crippen LogP contribution in [0.25, 0.3) is 0 Å². The van der Waals surface area contributed by atoms with Gasteiger partial charge in [-0.2, -0.15) is 0 Å². The zero-order valence-electron chi connectivity index (χ0n) is 11.9. The number of anilines is 1. The average Bonchev–Trinajstić information content (AvgIpc) is 2.42. The topological polar surface area (TPSA) is 97.8 Å². The number of guanidine groups is 1. The number of aryl methyl sites for hydroxylation is 1. The van der Waals surface area contributed by atoms with Crippen LogP contribution in [0.3, 0.4) is 0 Å². The largest absolute Gasteiger partial charge is 0.325 e. The first-order chi connectivity index (χ1) is 10.5. The summed E-state index contributed by atoms with van der Waals surface area (Å²) in [6.07, 6.45) is 1.57. The summed E-state index contributed by atoms with van der Waals surface area (Å²) in [7, 11) is 0. The molecule has 0 bridgehead atoms. The predicted molar refractivity (Wildman–Crippen MR) is 83.7 cm³/mol. The van der Waals surface area contributed by atoms with Gasteiger partial charge in [0.05, 0.1) is 16.4 Å². The monoisotopic (exact) mass is 324 g/mol. The van der Waals surface area contributed by atoms with Gasteiger partial charge in [-0.25, -0.2) is 14.4 Å². The summed E-state index contributed by atoms with van der Waals surface area (Å²) < 4.78 is 13.1. The summed E-state index contributed by atoms with van der Waals surface area (Å²) in [5.74, 6) is -0.161. The fraction of sp³-hybridized carbons (Fsp3) is 0.214. The van der Waals surface area contributed by atoms with Crippen LogP contribution in [0.1, 0.15) is 19.0 Å². The molecule has 0 aliphatic carbocycles. The van der Waals surface area contributed by atoms with Crippen LogP contribution < -0.4 is 21.6 Å². The van der Waals surface area contributed by atoms with Gasteiger partial charge < -0.3 is 5.73 Å². The van der Waals surface area contributed by atoms with Gasteiger partial charge in [0.2, 0.25) is 0 Å². The molecule has 5 N–H and O–H groups in total. The molecular formula is C14H16ClFN5O+. The van der Waals surface area contributed by atoms with E-state index in [0.717, 1.165) is 6.42 Å². The second-order valence-electron chi connectivity index (χ2n) is 4.63. The Kier molecular flexibility index (Phi) is 5.11. The Bertz CT molecular complexity index is 759. The summed E-state index contributed by atoms with van der Waals surface area (Å²) >= 11 is 5.69. The lowest BCUT2D eigenvalue weighted by molar-refractivity contribution is -0.365. The van der Waals surface area contributed by atoms with Gasteiger partial charge >= 0.3 is 5.95 Å². The highest BCUT2D eigenvalue weighted by Gasteiger charge is 2.07. The van der Waals surface area contributed by atoms with Gasteiger partial charge in [-0.15, -0.1) is 4.98 Å². The van der Waals surface area contributed by atoms with Crippen LogP contribution >= 0.6 is 11.6 Å². The van der Waals surface area contributed by atoms with Crippen LogP contribution in [0.4, 0.5) is 16.0 Å². The Morgan fingerprint density at radius 2 is 2.27 bits per heavy atom. The minimum atomic E-state index is -0.517. The molecule has 0 radical (unpaired) electrons. The molecule has 1 aromatic carbocycles. The number of hydrogen-bond donors (Lipinski definition) is 4.